The molecule has 102 valence electrons. The minimum absolute atomic E-state index is 0.0354. The number of hydrogen-bond donors (Lipinski definition) is 1. The fraction of sp³-hybridized carbons (Fsp3) is 0.182. The highest BCUT2D eigenvalue weighted by atomic mass is 32.1. The van der Waals surface area contributed by atoms with Gasteiger partial charge in [-0.15, -0.1) is 21.5 Å². The molecule has 0 bridgehead atoms. The topological polar surface area (TPSA) is 98.7 Å². The summed E-state index contributed by atoms with van der Waals surface area (Å²) in [5, 5.41) is 16.7. The fourth-order valence-electron chi connectivity index (χ4n) is 1.54. The second-order valence-corrected chi connectivity index (χ2v) is 4.83. The fourth-order valence-corrected chi connectivity index (χ4v) is 2.08. The summed E-state index contributed by atoms with van der Waals surface area (Å²) >= 11 is 1.34. The molecule has 1 N–H and O–H groups in total. The second kappa shape index (κ2) is 5.21. The maximum absolute atomic E-state index is 11.7. The van der Waals surface area contributed by atoms with Gasteiger partial charge in [0.2, 0.25) is 11.7 Å². The van der Waals surface area contributed by atoms with Gasteiger partial charge in [0.25, 0.3) is 0 Å². The van der Waals surface area contributed by atoms with Crippen LogP contribution in [-0.4, -0.2) is 31.1 Å². The summed E-state index contributed by atoms with van der Waals surface area (Å²) in [6.07, 6.45) is 1.62. The standard InChI is InChI=1S/C11H10N6O2S/c1-7-2-3-8(19-7)10-14-16-17(15-10)6-9(18)13-11-12-4-5-20-11/h2-5H,6H2,1H3,(H,12,13,18). The van der Waals surface area contributed by atoms with Gasteiger partial charge in [0, 0.05) is 11.6 Å². The number of tetrazole rings is 1. The first-order valence-electron chi connectivity index (χ1n) is 5.75. The zero-order valence-electron chi connectivity index (χ0n) is 10.5. The van der Waals surface area contributed by atoms with Crippen LogP contribution in [0.5, 0.6) is 0 Å². The number of nitrogens with zero attached hydrogens (tertiary/aromatic N) is 5. The van der Waals surface area contributed by atoms with E-state index in [0.29, 0.717) is 16.7 Å². The number of carbonyl (C=O) groups is 1. The summed E-state index contributed by atoms with van der Waals surface area (Å²) < 4.78 is 5.39. The van der Waals surface area contributed by atoms with E-state index in [4.69, 9.17) is 4.42 Å². The van der Waals surface area contributed by atoms with Crippen LogP contribution in [0.25, 0.3) is 11.6 Å². The van der Waals surface area contributed by atoms with Crippen LogP contribution >= 0.6 is 11.3 Å². The van der Waals surface area contributed by atoms with Crippen LogP contribution in [0, 0.1) is 6.92 Å². The predicted molar refractivity (Wildman–Crippen MR) is 71.0 cm³/mol. The predicted octanol–water partition coefficient (Wildman–Crippen LogP) is 1.34. The monoisotopic (exact) mass is 290 g/mol. The Hall–Kier alpha value is -2.55. The number of amides is 1. The van der Waals surface area contributed by atoms with Crippen LogP contribution in [0.3, 0.4) is 0 Å². The molecule has 0 aliphatic carbocycles. The second-order valence-electron chi connectivity index (χ2n) is 3.94. The molecule has 8 nitrogen and oxygen atoms in total. The van der Waals surface area contributed by atoms with Crippen molar-refractivity contribution in [2.45, 2.75) is 13.5 Å². The van der Waals surface area contributed by atoms with E-state index in [1.165, 1.54) is 16.1 Å². The minimum atomic E-state index is -0.264. The summed E-state index contributed by atoms with van der Waals surface area (Å²) in [7, 11) is 0. The lowest BCUT2D eigenvalue weighted by atomic mass is 10.4. The smallest absolute Gasteiger partial charge is 0.249 e. The van der Waals surface area contributed by atoms with Crippen LogP contribution in [0.2, 0.25) is 0 Å². The zero-order valence-corrected chi connectivity index (χ0v) is 11.3. The maximum atomic E-state index is 11.7. The average molecular weight is 290 g/mol. The van der Waals surface area contributed by atoms with Gasteiger partial charge in [0.1, 0.15) is 12.3 Å². The molecule has 0 radical (unpaired) electrons. The first-order chi connectivity index (χ1) is 9.70. The van der Waals surface area contributed by atoms with E-state index >= 15 is 0 Å². The largest absolute Gasteiger partial charge is 0.458 e. The Balaban J connectivity index is 1.66. The molecule has 3 heterocycles. The quantitative estimate of drug-likeness (QED) is 0.778. The molecule has 0 unspecified atom stereocenters. The minimum Gasteiger partial charge on any atom is -0.458 e. The number of rotatable bonds is 4. The Kier molecular flexibility index (Phi) is 3.25. The molecule has 0 saturated carbocycles. The van der Waals surface area contributed by atoms with Crippen molar-refractivity contribution in [3.8, 4) is 11.6 Å². The summed E-state index contributed by atoms with van der Waals surface area (Å²) in [5.74, 6) is 1.37. The van der Waals surface area contributed by atoms with Crippen molar-refractivity contribution in [1.29, 1.82) is 0 Å². The van der Waals surface area contributed by atoms with Crippen LogP contribution < -0.4 is 5.32 Å². The highest BCUT2D eigenvalue weighted by Crippen LogP contribution is 2.16. The third kappa shape index (κ3) is 2.72. The van der Waals surface area contributed by atoms with E-state index in [9.17, 15) is 4.79 Å². The molecule has 3 aromatic heterocycles. The van der Waals surface area contributed by atoms with Crippen LogP contribution in [-0.2, 0) is 11.3 Å². The Morgan fingerprint density at radius 3 is 3.10 bits per heavy atom. The van der Waals surface area contributed by atoms with Crippen molar-refractivity contribution in [3.63, 3.8) is 0 Å². The van der Waals surface area contributed by atoms with Crippen molar-refractivity contribution in [2.24, 2.45) is 0 Å². The lowest BCUT2D eigenvalue weighted by molar-refractivity contribution is -0.117. The normalized spacial score (nSPS) is 10.7. The first kappa shape index (κ1) is 12.5. The molecule has 3 aromatic rings. The van der Waals surface area contributed by atoms with E-state index < -0.39 is 0 Å². The lowest BCUT2D eigenvalue weighted by Crippen LogP contribution is -2.20. The number of thiazole rings is 1. The molecular formula is C11H10N6O2S. The summed E-state index contributed by atoms with van der Waals surface area (Å²) in [6, 6.07) is 3.57. The Labute approximate surface area is 117 Å². The highest BCUT2D eigenvalue weighted by molar-refractivity contribution is 7.13. The molecule has 0 spiro atoms. The number of furan rings is 1. The lowest BCUT2D eigenvalue weighted by Gasteiger charge is -1.99. The van der Waals surface area contributed by atoms with Gasteiger partial charge in [-0.25, -0.2) is 4.98 Å². The first-order valence-corrected chi connectivity index (χ1v) is 6.62. The van der Waals surface area contributed by atoms with Crippen molar-refractivity contribution < 1.29 is 9.21 Å². The maximum Gasteiger partial charge on any atom is 0.249 e. The Bertz CT molecular complexity index is 717. The molecule has 0 aliphatic rings. The third-order valence-corrected chi connectivity index (χ3v) is 3.07. The molecule has 20 heavy (non-hydrogen) atoms. The molecule has 0 aliphatic heterocycles. The Morgan fingerprint density at radius 2 is 2.40 bits per heavy atom. The number of nitrogens with one attached hydrogen (secondary N) is 1. The van der Waals surface area contributed by atoms with Crippen LogP contribution in [0.4, 0.5) is 5.13 Å². The average Bonchev–Trinajstić information content (AvgIpc) is 3.10. The van der Waals surface area contributed by atoms with Gasteiger partial charge in [0.15, 0.2) is 10.9 Å². The number of anilines is 1. The van der Waals surface area contributed by atoms with Gasteiger partial charge in [-0.3, -0.25) is 4.79 Å². The molecule has 1 amide bonds. The number of carbonyl (C=O) groups excluding carboxylic acids is 1. The third-order valence-electron chi connectivity index (χ3n) is 2.38. The van der Waals surface area contributed by atoms with Crippen molar-refractivity contribution in [3.05, 3.63) is 29.5 Å². The number of aryl methyl sites for hydroxylation is 1. The van der Waals surface area contributed by atoms with E-state index in [1.54, 1.807) is 17.6 Å². The van der Waals surface area contributed by atoms with Gasteiger partial charge in [-0.1, -0.05) is 0 Å². The van der Waals surface area contributed by atoms with Gasteiger partial charge < -0.3 is 9.73 Å². The van der Waals surface area contributed by atoms with Gasteiger partial charge in [-0.2, -0.15) is 4.80 Å². The SMILES string of the molecule is Cc1ccc(-c2nnn(CC(=O)Nc3nccs3)n2)o1. The van der Waals surface area contributed by atoms with Gasteiger partial charge in [0.05, 0.1) is 0 Å². The van der Waals surface area contributed by atoms with Crippen molar-refractivity contribution >= 4 is 22.4 Å². The molecule has 3 rings (SSSR count). The summed E-state index contributed by atoms with van der Waals surface area (Å²) in [4.78, 5) is 16.9. The van der Waals surface area contributed by atoms with Crippen LogP contribution in [0.1, 0.15) is 5.76 Å². The highest BCUT2D eigenvalue weighted by Gasteiger charge is 2.12. The molecule has 9 heteroatoms. The van der Waals surface area contributed by atoms with Crippen molar-refractivity contribution in [1.82, 2.24) is 25.2 Å². The van der Waals surface area contributed by atoms with Crippen LogP contribution in [0.15, 0.2) is 28.1 Å². The zero-order chi connectivity index (χ0) is 13.9. The van der Waals surface area contributed by atoms with Gasteiger partial charge >= 0.3 is 0 Å². The van der Waals surface area contributed by atoms with E-state index in [0.717, 1.165) is 5.76 Å². The van der Waals surface area contributed by atoms with Gasteiger partial charge in [-0.05, 0) is 24.3 Å². The molecule has 0 aromatic carbocycles. The molecule has 0 saturated heterocycles. The number of aromatic nitrogens is 5. The van der Waals surface area contributed by atoms with Crippen molar-refractivity contribution in [2.75, 3.05) is 5.32 Å². The molecule has 0 fully saturated rings. The van der Waals surface area contributed by atoms with E-state index in [2.05, 4.69) is 25.7 Å². The summed E-state index contributed by atoms with van der Waals surface area (Å²) in [5.41, 5.74) is 0. The Morgan fingerprint density at radius 1 is 1.50 bits per heavy atom. The molecular weight excluding hydrogens is 280 g/mol. The van der Waals surface area contributed by atoms with E-state index in [1.807, 2.05) is 13.0 Å². The summed E-state index contributed by atoms with van der Waals surface area (Å²) in [6.45, 7) is 1.79. The number of hydrogen-bond acceptors (Lipinski definition) is 7. The van der Waals surface area contributed by atoms with E-state index in [-0.39, 0.29) is 12.5 Å². The molecule has 0 atom stereocenters.